The van der Waals surface area contributed by atoms with E-state index in [4.69, 9.17) is 9.47 Å². The van der Waals surface area contributed by atoms with Crippen LogP contribution >= 0.6 is 28.3 Å². The van der Waals surface area contributed by atoms with Crippen LogP contribution in [0.1, 0.15) is 34.0 Å². The fraction of sp³-hybridized carbons (Fsp3) is 0.250. The normalized spacial score (nSPS) is 12.5. The van der Waals surface area contributed by atoms with Crippen molar-refractivity contribution < 1.29 is 9.47 Å². The molecule has 1 aliphatic heterocycles. The number of ether oxygens (including phenoxy) is 2. The molecular weight excluding hydrogens is 428 g/mol. The maximum atomic E-state index is 12.4. The number of aryl methyl sites for hydroxylation is 2. The summed E-state index contributed by atoms with van der Waals surface area (Å²) in [6.45, 7) is 3.72. The monoisotopic (exact) mass is 442 g/mol. The number of rotatable bonds is 3. The summed E-state index contributed by atoms with van der Waals surface area (Å²) < 4.78 is 11.6. The van der Waals surface area contributed by atoms with Crippen molar-refractivity contribution in [2.24, 2.45) is 0 Å². The Bertz CT molecular complexity index is 1030. The van der Waals surface area contributed by atoms with Crippen molar-refractivity contribution in [3.8, 4) is 11.5 Å². The Morgan fingerprint density at radius 2 is 1.42 bits per heavy atom. The molecule has 8 nitrogen and oxygen atoms in total. The number of aromatic nitrogens is 4. The van der Waals surface area contributed by atoms with Gasteiger partial charge in [0.2, 0.25) is 6.79 Å². The molecular formula is C16H16BrClN4O4. The summed E-state index contributed by atoms with van der Waals surface area (Å²) in [5.41, 5.74) is 2.49. The molecule has 0 spiro atoms. The van der Waals surface area contributed by atoms with Crippen molar-refractivity contribution in [1.29, 1.82) is 0 Å². The zero-order chi connectivity index (χ0) is 17.7. The highest BCUT2D eigenvalue weighted by molar-refractivity contribution is 9.10. The molecule has 0 aliphatic carbocycles. The minimum absolute atomic E-state index is 0. The predicted octanol–water partition coefficient (Wildman–Crippen LogP) is 2.43. The number of aromatic amines is 4. The largest absolute Gasteiger partial charge is 0.454 e. The average Bonchev–Trinajstić information content (AvgIpc) is 3.24. The molecule has 3 aromatic rings. The van der Waals surface area contributed by atoms with E-state index in [0.717, 1.165) is 10.0 Å². The first kappa shape index (κ1) is 18.4. The number of fused-ring (bicyclic) bond motifs is 1. The summed E-state index contributed by atoms with van der Waals surface area (Å²) in [7, 11) is 0. The van der Waals surface area contributed by atoms with Crippen LogP contribution in [0.25, 0.3) is 0 Å². The molecule has 1 aromatic carbocycles. The van der Waals surface area contributed by atoms with Crippen LogP contribution in [0.5, 0.6) is 11.5 Å². The minimum atomic E-state index is -0.575. The first-order valence-electron chi connectivity index (χ1n) is 7.60. The second-order valence-electron chi connectivity index (χ2n) is 5.90. The molecule has 0 fully saturated rings. The number of nitrogens with one attached hydrogen (secondary N) is 4. The van der Waals surface area contributed by atoms with Crippen LogP contribution in [-0.2, 0) is 0 Å². The zero-order valence-corrected chi connectivity index (χ0v) is 16.3. The van der Waals surface area contributed by atoms with Crippen LogP contribution in [0.15, 0.2) is 26.2 Å². The van der Waals surface area contributed by atoms with Gasteiger partial charge in [-0.2, -0.15) is 0 Å². The van der Waals surface area contributed by atoms with E-state index >= 15 is 0 Å². The molecule has 26 heavy (non-hydrogen) atoms. The summed E-state index contributed by atoms with van der Waals surface area (Å²) >= 11 is 3.54. The fourth-order valence-electron chi connectivity index (χ4n) is 3.22. The lowest BCUT2D eigenvalue weighted by atomic mass is 9.85. The van der Waals surface area contributed by atoms with Crippen molar-refractivity contribution in [2.75, 3.05) is 6.79 Å². The SMILES string of the molecule is Cc1[nH][nH]c(=O)c1C(c1cc2c(cc1Br)OCO2)c1c(C)[nH][nH]c1=O.Cl. The summed E-state index contributed by atoms with van der Waals surface area (Å²) in [4.78, 5) is 24.9. The van der Waals surface area contributed by atoms with Gasteiger partial charge in [-0.1, -0.05) is 15.9 Å². The van der Waals surface area contributed by atoms with Gasteiger partial charge in [-0.05, 0) is 31.5 Å². The zero-order valence-electron chi connectivity index (χ0n) is 13.9. The van der Waals surface area contributed by atoms with Gasteiger partial charge < -0.3 is 19.7 Å². The highest BCUT2D eigenvalue weighted by Crippen LogP contribution is 2.43. The summed E-state index contributed by atoms with van der Waals surface area (Å²) in [5.74, 6) is 0.625. The van der Waals surface area contributed by atoms with E-state index in [9.17, 15) is 9.59 Å². The van der Waals surface area contributed by atoms with Crippen LogP contribution in [-0.4, -0.2) is 27.2 Å². The van der Waals surface area contributed by atoms with Crippen LogP contribution in [0, 0.1) is 13.8 Å². The molecule has 138 valence electrons. The molecule has 0 radical (unpaired) electrons. The van der Waals surface area contributed by atoms with Crippen molar-refractivity contribution >= 4 is 28.3 Å². The summed E-state index contributed by atoms with van der Waals surface area (Å²) in [5, 5.41) is 10.8. The third-order valence-electron chi connectivity index (χ3n) is 4.40. The second kappa shape index (κ2) is 6.73. The number of benzene rings is 1. The molecule has 3 heterocycles. The number of halogens is 2. The van der Waals surface area contributed by atoms with Gasteiger partial charge in [0.25, 0.3) is 11.1 Å². The molecule has 0 amide bonds. The van der Waals surface area contributed by atoms with Gasteiger partial charge in [0, 0.05) is 21.8 Å². The van der Waals surface area contributed by atoms with Gasteiger partial charge in [-0.25, -0.2) is 0 Å². The maximum absolute atomic E-state index is 12.4. The van der Waals surface area contributed by atoms with E-state index in [-0.39, 0.29) is 30.3 Å². The van der Waals surface area contributed by atoms with Gasteiger partial charge in [0.1, 0.15) is 0 Å². The third-order valence-corrected chi connectivity index (χ3v) is 5.09. The lowest BCUT2D eigenvalue weighted by molar-refractivity contribution is 0.174. The van der Waals surface area contributed by atoms with E-state index < -0.39 is 5.92 Å². The Morgan fingerprint density at radius 3 is 1.88 bits per heavy atom. The molecule has 0 bridgehead atoms. The second-order valence-corrected chi connectivity index (χ2v) is 6.75. The molecule has 0 atom stereocenters. The fourth-order valence-corrected chi connectivity index (χ4v) is 3.77. The molecule has 0 unspecified atom stereocenters. The van der Waals surface area contributed by atoms with Gasteiger partial charge in [0.15, 0.2) is 11.5 Å². The van der Waals surface area contributed by atoms with Crippen LogP contribution in [0.4, 0.5) is 0 Å². The Balaban J connectivity index is 0.00000196. The molecule has 10 heteroatoms. The number of H-pyrrole nitrogens is 4. The van der Waals surface area contributed by atoms with E-state index in [1.807, 2.05) is 0 Å². The Labute approximate surface area is 161 Å². The van der Waals surface area contributed by atoms with Crippen molar-refractivity contribution in [1.82, 2.24) is 20.4 Å². The van der Waals surface area contributed by atoms with Gasteiger partial charge >= 0.3 is 0 Å². The quantitative estimate of drug-likeness (QED) is 0.497. The standard InChI is InChI=1S/C16H15BrN4O4.ClH/c1-6-12(15(22)20-18-6)14(13-7(2)19-21-16(13)23)8-3-10-11(4-9(8)17)25-5-24-10;/h3-4,14H,5H2,1-2H3,(H2,18,20,22)(H2,19,21,23);1H. The van der Waals surface area contributed by atoms with Crippen LogP contribution < -0.4 is 20.6 Å². The molecule has 0 saturated carbocycles. The smallest absolute Gasteiger partial charge is 0.268 e. The Morgan fingerprint density at radius 1 is 0.923 bits per heavy atom. The summed E-state index contributed by atoms with van der Waals surface area (Å²) in [6.07, 6.45) is 0. The van der Waals surface area contributed by atoms with Crippen molar-refractivity contribution in [3.05, 3.63) is 65.4 Å². The average molecular weight is 444 g/mol. The number of hydrogen-bond acceptors (Lipinski definition) is 4. The Kier molecular flexibility index (Phi) is 4.76. The minimum Gasteiger partial charge on any atom is -0.454 e. The maximum Gasteiger partial charge on any atom is 0.268 e. The molecule has 4 N–H and O–H groups in total. The first-order chi connectivity index (χ1) is 12.0. The van der Waals surface area contributed by atoms with Crippen LogP contribution in [0.2, 0.25) is 0 Å². The van der Waals surface area contributed by atoms with E-state index in [1.54, 1.807) is 26.0 Å². The molecule has 4 rings (SSSR count). The van der Waals surface area contributed by atoms with Gasteiger partial charge in [-0.3, -0.25) is 19.8 Å². The predicted molar refractivity (Wildman–Crippen MR) is 101 cm³/mol. The highest BCUT2D eigenvalue weighted by atomic mass is 79.9. The van der Waals surface area contributed by atoms with Crippen LogP contribution in [0.3, 0.4) is 0 Å². The van der Waals surface area contributed by atoms with Crippen molar-refractivity contribution in [3.63, 3.8) is 0 Å². The van der Waals surface area contributed by atoms with E-state index in [1.165, 1.54) is 0 Å². The Hall–Kier alpha value is -2.39. The lowest BCUT2D eigenvalue weighted by Gasteiger charge is -2.18. The highest BCUT2D eigenvalue weighted by Gasteiger charge is 2.31. The van der Waals surface area contributed by atoms with Crippen molar-refractivity contribution in [2.45, 2.75) is 19.8 Å². The summed E-state index contributed by atoms with van der Waals surface area (Å²) in [6, 6.07) is 3.59. The van der Waals surface area contributed by atoms with E-state index in [0.29, 0.717) is 34.0 Å². The van der Waals surface area contributed by atoms with Gasteiger partial charge in [0.05, 0.1) is 11.1 Å². The van der Waals surface area contributed by atoms with Gasteiger partial charge in [-0.15, -0.1) is 12.4 Å². The third kappa shape index (κ3) is 2.77. The lowest BCUT2D eigenvalue weighted by Crippen LogP contribution is -2.20. The first-order valence-corrected chi connectivity index (χ1v) is 8.40. The topological polar surface area (TPSA) is 116 Å². The molecule has 0 saturated heterocycles. The molecule has 2 aromatic heterocycles. The number of hydrogen-bond donors (Lipinski definition) is 4. The van der Waals surface area contributed by atoms with E-state index in [2.05, 4.69) is 36.3 Å². The molecule has 1 aliphatic rings.